The Morgan fingerprint density at radius 2 is 1.92 bits per heavy atom. The van der Waals surface area contributed by atoms with Crippen LogP contribution in [0.15, 0.2) is 30.3 Å². The Bertz CT molecular complexity index is 769. The number of ether oxygens (including phenoxy) is 2. The lowest BCUT2D eigenvalue weighted by atomic mass is 9.99. The number of carbonyl (C=O) groups is 1. The summed E-state index contributed by atoms with van der Waals surface area (Å²) in [7, 11) is 1.81. The summed E-state index contributed by atoms with van der Waals surface area (Å²) < 4.78 is 11.6. The van der Waals surface area contributed by atoms with Crippen LogP contribution in [-0.2, 0) is 19.4 Å². The van der Waals surface area contributed by atoms with E-state index >= 15 is 0 Å². The maximum absolute atomic E-state index is 12.7. The van der Waals surface area contributed by atoms with Gasteiger partial charge in [0.1, 0.15) is 11.5 Å². The van der Waals surface area contributed by atoms with E-state index in [2.05, 4.69) is 6.07 Å². The van der Waals surface area contributed by atoms with Gasteiger partial charge in [0.15, 0.2) is 0 Å². The van der Waals surface area contributed by atoms with Gasteiger partial charge in [-0.25, -0.2) is 0 Å². The van der Waals surface area contributed by atoms with Crippen LogP contribution in [-0.4, -0.2) is 31.1 Å². The zero-order chi connectivity index (χ0) is 16.7. The van der Waals surface area contributed by atoms with Crippen LogP contribution in [0.3, 0.4) is 0 Å². The Kier molecular flexibility index (Phi) is 3.85. The monoisotopic (exact) mass is 343 g/mol. The van der Waals surface area contributed by atoms with Crippen molar-refractivity contribution in [2.45, 2.75) is 19.4 Å². The summed E-state index contributed by atoms with van der Waals surface area (Å²) in [6.45, 7) is 1.90. The molecule has 0 radical (unpaired) electrons. The molecule has 1 amide bonds. The average Bonchev–Trinajstić information content (AvgIpc) is 3.23. The summed E-state index contributed by atoms with van der Waals surface area (Å²) in [6.07, 6.45) is 1.76. The molecule has 2 aromatic rings. The molecule has 124 valence electrons. The number of rotatable bonds is 3. The highest BCUT2D eigenvalue weighted by molar-refractivity contribution is 6.30. The summed E-state index contributed by atoms with van der Waals surface area (Å²) >= 11 is 5.90. The molecule has 0 aromatic heterocycles. The first-order valence-corrected chi connectivity index (χ1v) is 8.45. The van der Waals surface area contributed by atoms with Crippen molar-refractivity contribution in [3.05, 3.63) is 57.6 Å². The molecule has 0 fully saturated rings. The topological polar surface area (TPSA) is 38.8 Å². The molecule has 0 aliphatic carbocycles. The van der Waals surface area contributed by atoms with Crippen molar-refractivity contribution < 1.29 is 14.3 Å². The third kappa shape index (κ3) is 2.61. The first kappa shape index (κ1) is 15.3. The largest absolute Gasteiger partial charge is 0.493 e. The first-order chi connectivity index (χ1) is 11.6. The average molecular weight is 344 g/mol. The Hall–Kier alpha value is -2.20. The summed E-state index contributed by atoms with van der Waals surface area (Å²) in [4.78, 5) is 14.4. The van der Waals surface area contributed by atoms with Gasteiger partial charge in [-0.3, -0.25) is 4.79 Å². The van der Waals surface area contributed by atoms with E-state index in [9.17, 15) is 4.79 Å². The van der Waals surface area contributed by atoms with Crippen molar-refractivity contribution in [3.63, 3.8) is 0 Å². The second-order valence-corrected chi connectivity index (χ2v) is 6.62. The second-order valence-electron chi connectivity index (χ2n) is 6.19. The molecular weight excluding hydrogens is 326 g/mol. The molecule has 4 rings (SSSR count). The van der Waals surface area contributed by atoms with Crippen LogP contribution in [0.4, 0.5) is 0 Å². The lowest BCUT2D eigenvalue weighted by molar-refractivity contribution is 0.0784. The summed E-state index contributed by atoms with van der Waals surface area (Å²) in [6, 6.07) is 9.06. The molecule has 0 spiro atoms. The zero-order valence-electron chi connectivity index (χ0n) is 13.5. The van der Waals surface area contributed by atoms with E-state index in [0.29, 0.717) is 30.3 Å². The van der Waals surface area contributed by atoms with E-state index < -0.39 is 0 Å². The lowest BCUT2D eigenvalue weighted by Gasteiger charge is -2.21. The van der Waals surface area contributed by atoms with Gasteiger partial charge in [0, 0.05) is 53.7 Å². The van der Waals surface area contributed by atoms with Crippen LogP contribution in [0.25, 0.3) is 0 Å². The predicted molar refractivity (Wildman–Crippen MR) is 92.1 cm³/mol. The maximum atomic E-state index is 12.7. The lowest BCUT2D eigenvalue weighted by Crippen LogP contribution is -2.26. The highest BCUT2D eigenvalue weighted by Gasteiger charge is 2.27. The number of hydrogen-bond donors (Lipinski definition) is 0. The number of amides is 1. The van der Waals surface area contributed by atoms with Gasteiger partial charge in [0.25, 0.3) is 5.91 Å². The number of halogens is 1. The number of nitrogens with zero attached hydrogens (tertiary/aromatic N) is 1. The van der Waals surface area contributed by atoms with E-state index in [-0.39, 0.29) is 5.91 Å². The number of benzene rings is 2. The number of hydrogen-bond acceptors (Lipinski definition) is 3. The molecule has 0 saturated carbocycles. The standard InChI is InChI=1S/C19H18ClNO3/c1-21(19(22)12-2-4-14(20)5-3-12)11-16-15-7-9-23-17(15)10-13-6-8-24-18(13)16/h2-5,10H,6-9,11H2,1H3. The molecule has 4 nitrogen and oxygen atoms in total. The molecule has 0 unspecified atom stereocenters. The molecule has 2 aliphatic rings. The zero-order valence-corrected chi connectivity index (χ0v) is 14.2. The Balaban J connectivity index is 1.63. The molecule has 0 atom stereocenters. The minimum absolute atomic E-state index is 0.0325. The molecule has 2 heterocycles. The summed E-state index contributed by atoms with van der Waals surface area (Å²) in [5.41, 5.74) is 4.06. The fourth-order valence-corrected chi connectivity index (χ4v) is 3.50. The third-order valence-electron chi connectivity index (χ3n) is 4.59. The van der Waals surface area contributed by atoms with Crippen molar-refractivity contribution in [2.24, 2.45) is 0 Å². The molecule has 5 heteroatoms. The van der Waals surface area contributed by atoms with E-state index in [1.54, 1.807) is 29.2 Å². The smallest absolute Gasteiger partial charge is 0.253 e. The number of fused-ring (bicyclic) bond motifs is 2. The van der Waals surface area contributed by atoms with Gasteiger partial charge in [-0.15, -0.1) is 0 Å². The highest BCUT2D eigenvalue weighted by atomic mass is 35.5. The Labute approximate surface area is 145 Å². The van der Waals surface area contributed by atoms with Crippen LogP contribution in [0.1, 0.15) is 27.0 Å². The molecule has 0 bridgehead atoms. The second kappa shape index (κ2) is 6.02. The fraction of sp³-hybridized carbons (Fsp3) is 0.316. The maximum Gasteiger partial charge on any atom is 0.253 e. The van der Waals surface area contributed by atoms with Crippen molar-refractivity contribution in [1.82, 2.24) is 4.90 Å². The number of carbonyl (C=O) groups excluding carboxylic acids is 1. The van der Waals surface area contributed by atoms with Crippen LogP contribution < -0.4 is 9.47 Å². The van der Waals surface area contributed by atoms with E-state index in [1.807, 2.05) is 7.05 Å². The van der Waals surface area contributed by atoms with Crippen LogP contribution in [0.2, 0.25) is 5.02 Å². The fourth-order valence-electron chi connectivity index (χ4n) is 3.37. The van der Waals surface area contributed by atoms with E-state index in [1.165, 1.54) is 11.1 Å². The SMILES string of the molecule is CN(Cc1c2c(cc3c1OCC3)OCC2)C(=O)c1ccc(Cl)cc1. The van der Waals surface area contributed by atoms with Crippen molar-refractivity contribution >= 4 is 17.5 Å². The van der Waals surface area contributed by atoms with Gasteiger partial charge in [-0.05, 0) is 30.3 Å². The van der Waals surface area contributed by atoms with Gasteiger partial charge in [0.2, 0.25) is 0 Å². The van der Waals surface area contributed by atoms with E-state index in [4.69, 9.17) is 21.1 Å². The first-order valence-electron chi connectivity index (χ1n) is 8.08. The Morgan fingerprint density at radius 3 is 2.71 bits per heavy atom. The van der Waals surface area contributed by atoms with Crippen molar-refractivity contribution in [1.29, 1.82) is 0 Å². The van der Waals surface area contributed by atoms with Gasteiger partial charge < -0.3 is 14.4 Å². The van der Waals surface area contributed by atoms with Crippen LogP contribution in [0.5, 0.6) is 11.5 Å². The Morgan fingerprint density at radius 1 is 1.17 bits per heavy atom. The minimum atomic E-state index is -0.0325. The van der Waals surface area contributed by atoms with Crippen LogP contribution >= 0.6 is 11.6 Å². The summed E-state index contributed by atoms with van der Waals surface area (Å²) in [5, 5.41) is 0.624. The summed E-state index contributed by atoms with van der Waals surface area (Å²) in [5.74, 6) is 1.85. The molecule has 24 heavy (non-hydrogen) atoms. The molecule has 0 saturated heterocycles. The third-order valence-corrected chi connectivity index (χ3v) is 4.85. The van der Waals surface area contributed by atoms with Crippen molar-refractivity contribution in [2.75, 3.05) is 20.3 Å². The van der Waals surface area contributed by atoms with Gasteiger partial charge >= 0.3 is 0 Å². The quantitative estimate of drug-likeness (QED) is 0.856. The van der Waals surface area contributed by atoms with Gasteiger partial charge in [-0.2, -0.15) is 0 Å². The molecular formula is C19H18ClNO3. The normalized spacial score (nSPS) is 14.6. The van der Waals surface area contributed by atoms with Crippen molar-refractivity contribution in [3.8, 4) is 11.5 Å². The molecule has 0 N–H and O–H groups in total. The highest BCUT2D eigenvalue weighted by Crippen LogP contribution is 2.41. The molecule has 2 aliphatic heterocycles. The van der Waals surface area contributed by atoms with Gasteiger partial charge in [0.05, 0.1) is 13.2 Å². The van der Waals surface area contributed by atoms with Gasteiger partial charge in [-0.1, -0.05) is 11.6 Å². The predicted octanol–water partition coefficient (Wildman–Crippen LogP) is 3.48. The molecule has 2 aromatic carbocycles. The minimum Gasteiger partial charge on any atom is -0.493 e. The van der Waals surface area contributed by atoms with E-state index in [0.717, 1.165) is 29.9 Å². The van der Waals surface area contributed by atoms with Crippen LogP contribution in [0, 0.1) is 0 Å².